The number of ether oxygens (including phenoxy) is 1. The highest BCUT2D eigenvalue weighted by atomic mass is 16.5. The maximum Gasteiger partial charge on any atom is 0.0589 e. The number of aryl methyl sites for hydroxylation is 2. The first-order valence-corrected chi connectivity index (χ1v) is 8.19. The molecule has 1 unspecified atom stereocenters. The maximum absolute atomic E-state index is 5.27. The standard InChI is InChI=1S/C18H30N2O/c1-5-19-18(16-7-6-14(2)15(3)12-16)13-20(10-11-21-4)17-8-9-17/h6-7,12,17-19H,5,8-11,13H2,1-4H3. The van der Waals surface area contributed by atoms with Gasteiger partial charge in [-0.1, -0.05) is 25.1 Å². The Morgan fingerprint density at radius 2 is 2.05 bits per heavy atom. The molecule has 1 aliphatic carbocycles. The lowest BCUT2D eigenvalue weighted by molar-refractivity contribution is 0.136. The molecule has 1 aromatic rings. The largest absolute Gasteiger partial charge is 0.383 e. The highest BCUT2D eigenvalue weighted by Crippen LogP contribution is 2.29. The van der Waals surface area contributed by atoms with Crippen molar-refractivity contribution in [3.8, 4) is 0 Å². The topological polar surface area (TPSA) is 24.5 Å². The fourth-order valence-corrected chi connectivity index (χ4v) is 2.82. The van der Waals surface area contributed by atoms with Crippen LogP contribution < -0.4 is 5.32 Å². The number of nitrogens with one attached hydrogen (secondary N) is 1. The molecule has 0 bridgehead atoms. The molecule has 0 heterocycles. The highest BCUT2D eigenvalue weighted by molar-refractivity contribution is 5.32. The van der Waals surface area contributed by atoms with Crippen LogP contribution in [0.15, 0.2) is 18.2 Å². The third-order valence-electron chi connectivity index (χ3n) is 4.45. The molecule has 1 fully saturated rings. The third kappa shape index (κ3) is 4.80. The number of hydrogen-bond acceptors (Lipinski definition) is 3. The average molecular weight is 290 g/mol. The Bertz CT molecular complexity index is 443. The second-order valence-corrected chi connectivity index (χ2v) is 6.17. The summed E-state index contributed by atoms with van der Waals surface area (Å²) in [7, 11) is 1.79. The normalized spacial score (nSPS) is 16.4. The van der Waals surface area contributed by atoms with E-state index in [1.54, 1.807) is 7.11 Å². The average Bonchev–Trinajstić information content (AvgIpc) is 3.30. The van der Waals surface area contributed by atoms with Gasteiger partial charge in [-0.15, -0.1) is 0 Å². The molecule has 118 valence electrons. The van der Waals surface area contributed by atoms with Crippen molar-refractivity contribution in [1.82, 2.24) is 10.2 Å². The first-order valence-electron chi connectivity index (χ1n) is 8.19. The Balaban J connectivity index is 2.07. The molecule has 0 spiro atoms. The molecule has 1 aliphatic rings. The zero-order valence-corrected chi connectivity index (χ0v) is 14.0. The fraction of sp³-hybridized carbons (Fsp3) is 0.667. The van der Waals surface area contributed by atoms with Gasteiger partial charge in [-0.05, 0) is 49.9 Å². The van der Waals surface area contributed by atoms with Crippen molar-refractivity contribution < 1.29 is 4.74 Å². The van der Waals surface area contributed by atoms with E-state index in [2.05, 4.69) is 49.2 Å². The molecular formula is C18H30N2O. The van der Waals surface area contributed by atoms with Gasteiger partial charge in [0.2, 0.25) is 0 Å². The monoisotopic (exact) mass is 290 g/mol. The van der Waals surface area contributed by atoms with E-state index < -0.39 is 0 Å². The molecule has 1 atom stereocenters. The summed E-state index contributed by atoms with van der Waals surface area (Å²) in [5, 5.41) is 3.65. The van der Waals surface area contributed by atoms with Crippen LogP contribution in [0.25, 0.3) is 0 Å². The van der Waals surface area contributed by atoms with Crippen LogP contribution in [-0.2, 0) is 4.74 Å². The van der Waals surface area contributed by atoms with Gasteiger partial charge in [-0.2, -0.15) is 0 Å². The zero-order chi connectivity index (χ0) is 15.2. The summed E-state index contributed by atoms with van der Waals surface area (Å²) < 4.78 is 5.27. The van der Waals surface area contributed by atoms with Crippen molar-refractivity contribution in [2.45, 2.75) is 45.7 Å². The quantitative estimate of drug-likeness (QED) is 0.756. The van der Waals surface area contributed by atoms with E-state index in [1.165, 1.54) is 29.5 Å². The fourth-order valence-electron chi connectivity index (χ4n) is 2.82. The summed E-state index contributed by atoms with van der Waals surface area (Å²) in [5.74, 6) is 0. The number of methoxy groups -OCH3 is 1. The van der Waals surface area contributed by atoms with Crippen LogP contribution >= 0.6 is 0 Å². The Morgan fingerprint density at radius 1 is 1.29 bits per heavy atom. The summed E-state index contributed by atoms with van der Waals surface area (Å²) >= 11 is 0. The Labute approximate surface area is 129 Å². The molecule has 1 aromatic carbocycles. The van der Waals surface area contributed by atoms with Gasteiger partial charge in [0, 0.05) is 32.3 Å². The smallest absolute Gasteiger partial charge is 0.0589 e. The lowest BCUT2D eigenvalue weighted by Gasteiger charge is -2.28. The second kappa shape index (κ2) is 7.92. The van der Waals surface area contributed by atoms with Crippen LogP contribution in [0.1, 0.15) is 42.5 Å². The maximum atomic E-state index is 5.27. The lowest BCUT2D eigenvalue weighted by Crippen LogP contribution is -2.38. The Kier molecular flexibility index (Phi) is 6.22. The van der Waals surface area contributed by atoms with Gasteiger partial charge >= 0.3 is 0 Å². The predicted molar refractivity (Wildman–Crippen MR) is 88.8 cm³/mol. The minimum absolute atomic E-state index is 0.409. The van der Waals surface area contributed by atoms with E-state index in [1.807, 2.05) is 0 Å². The Morgan fingerprint density at radius 3 is 2.62 bits per heavy atom. The van der Waals surface area contributed by atoms with Gasteiger partial charge in [0.25, 0.3) is 0 Å². The van der Waals surface area contributed by atoms with Gasteiger partial charge in [0.05, 0.1) is 6.61 Å². The van der Waals surface area contributed by atoms with Crippen molar-refractivity contribution in [2.75, 3.05) is 33.4 Å². The molecule has 0 saturated heterocycles. The minimum atomic E-state index is 0.409. The number of rotatable bonds is 9. The van der Waals surface area contributed by atoms with Crippen LogP contribution in [0.3, 0.4) is 0 Å². The van der Waals surface area contributed by atoms with Crippen LogP contribution in [0.2, 0.25) is 0 Å². The van der Waals surface area contributed by atoms with E-state index in [0.717, 1.165) is 32.3 Å². The predicted octanol–water partition coefficient (Wildman–Crippen LogP) is 3.06. The first kappa shape index (κ1) is 16.5. The SMILES string of the molecule is CCNC(CN(CCOC)C1CC1)c1ccc(C)c(C)c1. The van der Waals surface area contributed by atoms with Crippen molar-refractivity contribution in [3.63, 3.8) is 0 Å². The number of hydrogen-bond donors (Lipinski definition) is 1. The second-order valence-electron chi connectivity index (χ2n) is 6.17. The molecule has 1 N–H and O–H groups in total. The van der Waals surface area contributed by atoms with Gasteiger partial charge < -0.3 is 10.1 Å². The number of nitrogens with zero attached hydrogens (tertiary/aromatic N) is 1. The van der Waals surface area contributed by atoms with Crippen molar-refractivity contribution in [3.05, 3.63) is 34.9 Å². The molecule has 3 heteroatoms. The van der Waals surface area contributed by atoms with Gasteiger partial charge in [0.1, 0.15) is 0 Å². The minimum Gasteiger partial charge on any atom is -0.383 e. The number of benzene rings is 1. The summed E-state index contributed by atoms with van der Waals surface area (Å²) in [6.07, 6.45) is 2.69. The van der Waals surface area contributed by atoms with E-state index in [-0.39, 0.29) is 0 Å². The molecule has 0 aliphatic heterocycles. The molecular weight excluding hydrogens is 260 g/mol. The zero-order valence-electron chi connectivity index (χ0n) is 14.0. The summed E-state index contributed by atoms with van der Waals surface area (Å²) in [5.41, 5.74) is 4.15. The molecule has 0 amide bonds. The number of likely N-dealkylation sites (N-methyl/N-ethyl adjacent to an activating group) is 1. The molecule has 2 rings (SSSR count). The summed E-state index contributed by atoms with van der Waals surface area (Å²) in [6, 6.07) is 8.03. The molecule has 0 aromatic heterocycles. The van der Waals surface area contributed by atoms with Crippen LogP contribution in [0.5, 0.6) is 0 Å². The summed E-state index contributed by atoms with van der Waals surface area (Å²) in [6.45, 7) is 10.5. The van der Waals surface area contributed by atoms with E-state index >= 15 is 0 Å². The molecule has 0 radical (unpaired) electrons. The highest BCUT2D eigenvalue weighted by Gasteiger charge is 2.30. The molecule has 3 nitrogen and oxygen atoms in total. The third-order valence-corrected chi connectivity index (χ3v) is 4.45. The molecule has 1 saturated carbocycles. The van der Waals surface area contributed by atoms with Crippen molar-refractivity contribution in [1.29, 1.82) is 0 Å². The van der Waals surface area contributed by atoms with Gasteiger partial charge in [-0.3, -0.25) is 4.90 Å². The summed E-state index contributed by atoms with van der Waals surface area (Å²) in [4.78, 5) is 2.59. The van der Waals surface area contributed by atoms with Gasteiger partial charge in [-0.25, -0.2) is 0 Å². The van der Waals surface area contributed by atoms with E-state index in [9.17, 15) is 0 Å². The van der Waals surface area contributed by atoms with Crippen LogP contribution in [0.4, 0.5) is 0 Å². The Hall–Kier alpha value is -0.900. The van der Waals surface area contributed by atoms with Gasteiger partial charge in [0.15, 0.2) is 0 Å². The van der Waals surface area contributed by atoms with Crippen LogP contribution in [0, 0.1) is 13.8 Å². The van der Waals surface area contributed by atoms with Crippen LogP contribution in [-0.4, -0.2) is 44.3 Å². The van der Waals surface area contributed by atoms with E-state index in [0.29, 0.717) is 6.04 Å². The lowest BCUT2D eigenvalue weighted by atomic mass is 10.0. The molecule has 21 heavy (non-hydrogen) atoms. The first-order chi connectivity index (χ1) is 10.2. The van der Waals surface area contributed by atoms with Crippen molar-refractivity contribution >= 4 is 0 Å². The van der Waals surface area contributed by atoms with Crippen molar-refractivity contribution in [2.24, 2.45) is 0 Å². The van der Waals surface area contributed by atoms with E-state index in [4.69, 9.17) is 4.74 Å².